The molecule has 0 unspecified atom stereocenters. The van der Waals surface area contributed by atoms with Gasteiger partial charge in [-0.1, -0.05) is 24.3 Å². The number of nitrogens with zero attached hydrogens (tertiary/aromatic N) is 1. The topological polar surface area (TPSA) is 65.2 Å². The third-order valence-electron chi connectivity index (χ3n) is 5.34. The first-order chi connectivity index (χ1) is 13.4. The molecule has 2 heterocycles. The van der Waals surface area contributed by atoms with Crippen molar-refractivity contribution in [3.63, 3.8) is 0 Å². The highest BCUT2D eigenvalue weighted by atomic mass is 19.1. The number of carbonyl (C=O) groups excluding carboxylic acids is 1. The summed E-state index contributed by atoms with van der Waals surface area (Å²) in [6, 6.07) is 10.1. The number of halogens is 1. The Hall–Kier alpha value is -2.99. The van der Waals surface area contributed by atoms with Gasteiger partial charge in [-0.05, 0) is 37.1 Å². The van der Waals surface area contributed by atoms with Crippen molar-refractivity contribution in [2.75, 3.05) is 18.4 Å². The van der Waals surface area contributed by atoms with Crippen molar-refractivity contribution in [2.45, 2.75) is 26.8 Å². The molecule has 0 radical (unpaired) electrons. The Balaban J connectivity index is 1.57. The molecule has 2 aromatic carbocycles. The van der Waals surface area contributed by atoms with Gasteiger partial charge in [-0.3, -0.25) is 14.5 Å². The zero-order chi connectivity index (χ0) is 19.8. The third-order valence-corrected chi connectivity index (χ3v) is 5.34. The molecule has 144 valence electrons. The Morgan fingerprint density at radius 3 is 2.71 bits per heavy atom. The maximum Gasteiger partial charge on any atom is 0.238 e. The van der Waals surface area contributed by atoms with Gasteiger partial charge in [-0.2, -0.15) is 0 Å². The van der Waals surface area contributed by atoms with Crippen LogP contribution in [0.15, 0.2) is 41.2 Å². The lowest BCUT2D eigenvalue weighted by atomic mass is 9.98. The fraction of sp³-hybridized carbons (Fsp3) is 0.273. The molecule has 3 aromatic rings. The zero-order valence-corrected chi connectivity index (χ0v) is 15.9. The van der Waals surface area contributed by atoms with Crippen LogP contribution < -0.4 is 10.7 Å². The van der Waals surface area contributed by atoms with Crippen LogP contribution in [0, 0.1) is 19.7 Å². The average Bonchev–Trinajstić information content (AvgIpc) is 2.67. The van der Waals surface area contributed by atoms with Gasteiger partial charge in [0.1, 0.15) is 5.82 Å². The summed E-state index contributed by atoms with van der Waals surface area (Å²) in [6.45, 7) is 5.10. The Morgan fingerprint density at radius 2 is 1.93 bits per heavy atom. The number of pyridine rings is 1. The number of anilines is 1. The quantitative estimate of drug-likeness (QED) is 0.734. The standard InChI is InChI=1S/C22H22FN3O2/c1-13-7-8-14(2)21-20(13)22(28)15-11-26(10-9-17(15)25-21)12-19(27)24-18-6-4-3-5-16(18)23/h3-8H,9-12H2,1-2H3,(H,24,27)(H,25,28). The maximum atomic E-state index is 13.7. The highest BCUT2D eigenvalue weighted by Gasteiger charge is 2.23. The number of fused-ring (bicyclic) bond motifs is 2. The van der Waals surface area contributed by atoms with Crippen LogP contribution in [0.3, 0.4) is 0 Å². The number of hydrogen-bond donors (Lipinski definition) is 2. The zero-order valence-electron chi connectivity index (χ0n) is 15.9. The van der Waals surface area contributed by atoms with Gasteiger partial charge in [0.25, 0.3) is 0 Å². The molecule has 4 rings (SSSR count). The molecule has 1 aromatic heterocycles. The summed E-state index contributed by atoms with van der Waals surface area (Å²) < 4.78 is 13.7. The first kappa shape index (κ1) is 18.4. The van der Waals surface area contributed by atoms with Crippen molar-refractivity contribution in [3.05, 3.63) is 74.8 Å². The normalized spacial score (nSPS) is 14.1. The number of hydrogen-bond acceptors (Lipinski definition) is 3. The summed E-state index contributed by atoms with van der Waals surface area (Å²) in [5.74, 6) is -0.758. The van der Waals surface area contributed by atoms with Crippen molar-refractivity contribution in [2.24, 2.45) is 0 Å². The second-order valence-corrected chi connectivity index (χ2v) is 7.35. The molecule has 0 saturated carbocycles. The summed E-state index contributed by atoms with van der Waals surface area (Å²) in [5, 5.41) is 3.32. The number of nitrogens with one attached hydrogen (secondary N) is 2. The predicted molar refractivity (Wildman–Crippen MR) is 108 cm³/mol. The molecule has 0 saturated heterocycles. The van der Waals surface area contributed by atoms with E-state index in [1.54, 1.807) is 12.1 Å². The Morgan fingerprint density at radius 1 is 1.18 bits per heavy atom. The van der Waals surface area contributed by atoms with E-state index in [9.17, 15) is 14.0 Å². The summed E-state index contributed by atoms with van der Waals surface area (Å²) in [6.07, 6.45) is 0.668. The number of amides is 1. The van der Waals surface area contributed by atoms with Crippen LogP contribution in [0.2, 0.25) is 0 Å². The van der Waals surface area contributed by atoms with Crippen LogP contribution in [0.4, 0.5) is 10.1 Å². The maximum absolute atomic E-state index is 13.7. The van der Waals surface area contributed by atoms with E-state index in [-0.39, 0.29) is 23.6 Å². The SMILES string of the molecule is Cc1ccc(C)c2c(=O)c3c([nH]c12)CCN(CC(=O)Nc1ccccc1F)C3. The van der Waals surface area contributed by atoms with E-state index in [0.717, 1.165) is 27.7 Å². The molecule has 0 aliphatic carbocycles. The lowest BCUT2D eigenvalue weighted by Crippen LogP contribution is -2.39. The van der Waals surface area contributed by atoms with E-state index in [1.165, 1.54) is 12.1 Å². The van der Waals surface area contributed by atoms with Gasteiger partial charge < -0.3 is 10.3 Å². The van der Waals surface area contributed by atoms with Crippen LogP contribution in [-0.2, 0) is 17.8 Å². The van der Waals surface area contributed by atoms with Crippen LogP contribution >= 0.6 is 0 Å². The molecule has 6 heteroatoms. The Bertz CT molecular complexity index is 1140. The highest BCUT2D eigenvalue weighted by Crippen LogP contribution is 2.22. The Kier molecular flexibility index (Phi) is 4.73. The first-order valence-electron chi connectivity index (χ1n) is 9.34. The predicted octanol–water partition coefficient (Wildman–Crippen LogP) is 3.28. The minimum atomic E-state index is -0.464. The largest absolute Gasteiger partial charge is 0.358 e. The molecular weight excluding hydrogens is 357 g/mol. The van der Waals surface area contributed by atoms with Crippen LogP contribution in [0.5, 0.6) is 0 Å². The van der Waals surface area contributed by atoms with Crippen molar-refractivity contribution >= 4 is 22.5 Å². The second kappa shape index (κ2) is 7.20. The number of carbonyl (C=O) groups is 1. The molecule has 1 amide bonds. The molecule has 28 heavy (non-hydrogen) atoms. The lowest BCUT2D eigenvalue weighted by molar-refractivity contribution is -0.117. The fourth-order valence-corrected chi connectivity index (χ4v) is 3.82. The van der Waals surface area contributed by atoms with Gasteiger partial charge in [0.15, 0.2) is 5.43 Å². The molecular formula is C22H22FN3O2. The van der Waals surface area contributed by atoms with Gasteiger partial charge in [0.05, 0.1) is 17.7 Å². The molecule has 0 atom stereocenters. The van der Waals surface area contributed by atoms with Gasteiger partial charge in [-0.25, -0.2) is 4.39 Å². The van der Waals surface area contributed by atoms with Gasteiger partial charge >= 0.3 is 0 Å². The summed E-state index contributed by atoms with van der Waals surface area (Å²) in [4.78, 5) is 30.8. The average molecular weight is 379 g/mol. The number of aromatic amines is 1. The molecule has 2 N–H and O–H groups in total. The van der Waals surface area contributed by atoms with Gasteiger partial charge in [-0.15, -0.1) is 0 Å². The molecule has 0 fully saturated rings. The first-order valence-corrected chi connectivity index (χ1v) is 9.34. The molecule has 0 bridgehead atoms. The minimum Gasteiger partial charge on any atom is -0.358 e. The molecule has 1 aliphatic heterocycles. The van der Waals surface area contributed by atoms with Crippen molar-refractivity contribution in [1.29, 1.82) is 0 Å². The van der Waals surface area contributed by atoms with Crippen molar-refractivity contribution < 1.29 is 9.18 Å². The molecule has 5 nitrogen and oxygen atoms in total. The highest BCUT2D eigenvalue weighted by molar-refractivity contribution is 5.92. The van der Waals surface area contributed by atoms with E-state index in [4.69, 9.17) is 0 Å². The van der Waals surface area contributed by atoms with Crippen LogP contribution in [0.25, 0.3) is 10.9 Å². The van der Waals surface area contributed by atoms with Crippen LogP contribution in [0.1, 0.15) is 22.4 Å². The summed E-state index contributed by atoms with van der Waals surface area (Å²) in [5.41, 5.74) is 4.74. The molecule has 1 aliphatic rings. The van der Waals surface area contributed by atoms with Crippen LogP contribution in [-0.4, -0.2) is 28.9 Å². The number of H-pyrrole nitrogens is 1. The van der Waals surface area contributed by atoms with E-state index in [1.807, 2.05) is 30.9 Å². The summed E-state index contributed by atoms with van der Waals surface area (Å²) >= 11 is 0. The number of aryl methyl sites for hydroxylation is 2. The number of para-hydroxylation sites is 1. The lowest BCUT2D eigenvalue weighted by Gasteiger charge is -2.28. The fourth-order valence-electron chi connectivity index (χ4n) is 3.82. The van der Waals surface area contributed by atoms with E-state index < -0.39 is 5.82 Å². The molecule has 0 spiro atoms. The van der Waals surface area contributed by atoms with Gasteiger partial charge in [0, 0.05) is 36.2 Å². The van der Waals surface area contributed by atoms with Crippen molar-refractivity contribution in [1.82, 2.24) is 9.88 Å². The van der Waals surface area contributed by atoms with E-state index in [2.05, 4.69) is 10.3 Å². The smallest absolute Gasteiger partial charge is 0.238 e. The monoisotopic (exact) mass is 379 g/mol. The Labute approximate surface area is 162 Å². The summed E-state index contributed by atoms with van der Waals surface area (Å²) in [7, 11) is 0. The second-order valence-electron chi connectivity index (χ2n) is 7.35. The number of aromatic nitrogens is 1. The van der Waals surface area contributed by atoms with E-state index in [0.29, 0.717) is 25.1 Å². The third kappa shape index (κ3) is 3.31. The van der Waals surface area contributed by atoms with Gasteiger partial charge in [0.2, 0.25) is 5.91 Å². The number of benzene rings is 2. The minimum absolute atomic E-state index is 0.0316. The number of rotatable bonds is 3. The van der Waals surface area contributed by atoms with Crippen molar-refractivity contribution in [3.8, 4) is 0 Å². The van der Waals surface area contributed by atoms with E-state index >= 15 is 0 Å².